The van der Waals surface area contributed by atoms with Gasteiger partial charge in [0.15, 0.2) is 5.78 Å². The van der Waals surface area contributed by atoms with E-state index < -0.39 is 0 Å². The van der Waals surface area contributed by atoms with Gasteiger partial charge in [-0.05, 0) is 19.1 Å². The molecule has 1 aromatic rings. The summed E-state index contributed by atoms with van der Waals surface area (Å²) >= 11 is 3.31. The Morgan fingerprint density at radius 1 is 1.38 bits per heavy atom. The Morgan fingerprint density at radius 2 is 1.92 bits per heavy atom. The van der Waals surface area contributed by atoms with Crippen LogP contribution in [0, 0.1) is 0 Å². The molecule has 0 radical (unpaired) electrons. The van der Waals surface area contributed by atoms with Gasteiger partial charge >= 0.3 is 0 Å². The lowest BCUT2D eigenvalue weighted by Gasteiger charge is -2.07. The van der Waals surface area contributed by atoms with Gasteiger partial charge in [-0.2, -0.15) is 0 Å². The molecule has 0 fully saturated rings. The van der Waals surface area contributed by atoms with Crippen LogP contribution >= 0.6 is 15.9 Å². The molecule has 0 bridgehead atoms. The molecule has 0 saturated carbocycles. The lowest BCUT2D eigenvalue weighted by molar-refractivity contribution is 0.0655. The number of hydrogen-bond acceptors (Lipinski definition) is 2. The minimum Gasteiger partial charge on any atom is -0.374 e. The average Bonchev–Trinajstić information content (AvgIpc) is 2.17. The van der Waals surface area contributed by atoms with E-state index in [4.69, 9.17) is 4.74 Å². The molecular weight excluding hydrogens is 232 g/mol. The van der Waals surface area contributed by atoms with Crippen LogP contribution in [0.3, 0.4) is 0 Å². The highest BCUT2D eigenvalue weighted by Crippen LogP contribution is 2.12. The van der Waals surface area contributed by atoms with Crippen LogP contribution in [0.15, 0.2) is 28.7 Å². The van der Waals surface area contributed by atoms with Gasteiger partial charge < -0.3 is 4.74 Å². The van der Waals surface area contributed by atoms with Crippen LogP contribution in [0.5, 0.6) is 0 Å². The number of benzene rings is 1. The minimum absolute atomic E-state index is 0.00926. The average molecular weight is 243 g/mol. The highest BCUT2D eigenvalue weighted by atomic mass is 79.9. The van der Waals surface area contributed by atoms with Gasteiger partial charge in [0.1, 0.15) is 6.10 Å². The summed E-state index contributed by atoms with van der Waals surface area (Å²) in [6.07, 6.45) is -0.374. The van der Waals surface area contributed by atoms with Crippen LogP contribution in [0.25, 0.3) is 0 Å². The first-order chi connectivity index (χ1) is 6.15. The maximum absolute atomic E-state index is 11.5. The highest BCUT2D eigenvalue weighted by molar-refractivity contribution is 9.10. The molecule has 0 heterocycles. The number of methoxy groups -OCH3 is 1. The molecule has 0 saturated heterocycles. The van der Waals surface area contributed by atoms with Crippen LogP contribution < -0.4 is 0 Å². The van der Waals surface area contributed by atoms with Gasteiger partial charge in [-0.15, -0.1) is 0 Å². The van der Waals surface area contributed by atoms with E-state index in [1.807, 2.05) is 12.1 Å². The summed E-state index contributed by atoms with van der Waals surface area (Å²) in [6, 6.07) is 7.25. The molecule has 0 aliphatic carbocycles. The van der Waals surface area contributed by atoms with Crippen molar-refractivity contribution in [3.63, 3.8) is 0 Å². The zero-order chi connectivity index (χ0) is 9.84. The second-order valence-electron chi connectivity index (χ2n) is 2.75. The normalized spacial score (nSPS) is 12.5. The molecule has 70 valence electrons. The van der Waals surface area contributed by atoms with Gasteiger partial charge in [0, 0.05) is 17.1 Å². The number of carbonyl (C=O) groups excluding carboxylic acids is 1. The molecule has 2 nitrogen and oxygen atoms in total. The maximum atomic E-state index is 11.5. The summed E-state index contributed by atoms with van der Waals surface area (Å²) in [5.74, 6) is 0.00926. The Morgan fingerprint density at radius 3 is 2.38 bits per heavy atom. The van der Waals surface area contributed by atoms with Crippen molar-refractivity contribution in [2.24, 2.45) is 0 Å². The first-order valence-electron chi connectivity index (χ1n) is 3.97. The molecule has 1 aromatic carbocycles. The summed E-state index contributed by atoms with van der Waals surface area (Å²) in [5.41, 5.74) is 0.678. The van der Waals surface area contributed by atoms with Crippen molar-refractivity contribution in [2.45, 2.75) is 13.0 Å². The molecule has 13 heavy (non-hydrogen) atoms. The Kier molecular flexibility index (Phi) is 3.63. The summed E-state index contributed by atoms with van der Waals surface area (Å²) < 4.78 is 5.90. The van der Waals surface area contributed by atoms with E-state index in [1.54, 1.807) is 19.1 Å². The van der Waals surface area contributed by atoms with E-state index in [2.05, 4.69) is 15.9 Å². The van der Waals surface area contributed by atoms with Crippen LogP contribution in [-0.2, 0) is 4.74 Å². The highest BCUT2D eigenvalue weighted by Gasteiger charge is 2.13. The second kappa shape index (κ2) is 4.53. The molecule has 0 amide bonds. The number of ether oxygens (including phenoxy) is 1. The third-order valence-electron chi connectivity index (χ3n) is 1.85. The largest absolute Gasteiger partial charge is 0.374 e. The SMILES string of the molecule is COC(C)C(=O)c1ccc(Br)cc1. The zero-order valence-electron chi connectivity index (χ0n) is 7.58. The fourth-order valence-corrected chi connectivity index (χ4v) is 1.22. The summed E-state index contributed by atoms with van der Waals surface area (Å²) in [7, 11) is 1.53. The van der Waals surface area contributed by atoms with E-state index in [0.717, 1.165) is 4.47 Å². The fraction of sp³-hybridized carbons (Fsp3) is 0.300. The Hall–Kier alpha value is -0.670. The van der Waals surface area contributed by atoms with Gasteiger partial charge in [-0.3, -0.25) is 4.79 Å². The van der Waals surface area contributed by atoms with Crippen molar-refractivity contribution in [1.29, 1.82) is 0 Å². The van der Waals surface area contributed by atoms with Crippen LogP contribution in [-0.4, -0.2) is 19.0 Å². The minimum atomic E-state index is -0.374. The van der Waals surface area contributed by atoms with E-state index >= 15 is 0 Å². The van der Waals surface area contributed by atoms with E-state index in [-0.39, 0.29) is 11.9 Å². The van der Waals surface area contributed by atoms with Gasteiger partial charge in [0.25, 0.3) is 0 Å². The molecule has 0 aromatic heterocycles. The number of halogens is 1. The second-order valence-corrected chi connectivity index (χ2v) is 3.66. The van der Waals surface area contributed by atoms with Crippen LogP contribution in [0.1, 0.15) is 17.3 Å². The maximum Gasteiger partial charge on any atom is 0.191 e. The topological polar surface area (TPSA) is 26.3 Å². The molecule has 0 aliphatic heterocycles. The van der Waals surface area contributed by atoms with Crippen molar-refractivity contribution >= 4 is 21.7 Å². The van der Waals surface area contributed by atoms with Crippen molar-refractivity contribution in [3.8, 4) is 0 Å². The van der Waals surface area contributed by atoms with E-state index in [9.17, 15) is 4.79 Å². The lowest BCUT2D eigenvalue weighted by atomic mass is 10.1. The number of rotatable bonds is 3. The van der Waals surface area contributed by atoms with Gasteiger partial charge in [0.05, 0.1) is 0 Å². The predicted octanol–water partition coefficient (Wildman–Crippen LogP) is 2.67. The fourth-order valence-electron chi connectivity index (χ4n) is 0.956. The summed E-state index contributed by atoms with van der Waals surface area (Å²) in [6.45, 7) is 1.74. The molecular formula is C10H11BrO2. The molecule has 3 heteroatoms. The lowest BCUT2D eigenvalue weighted by Crippen LogP contribution is -2.18. The molecule has 1 rings (SSSR count). The van der Waals surface area contributed by atoms with Gasteiger partial charge in [-0.1, -0.05) is 28.1 Å². The Labute approximate surface area is 86.0 Å². The Bertz CT molecular complexity index is 292. The number of hydrogen-bond donors (Lipinski definition) is 0. The predicted molar refractivity (Wildman–Crippen MR) is 54.9 cm³/mol. The number of ketones is 1. The third-order valence-corrected chi connectivity index (χ3v) is 2.38. The summed E-state index contributed by atoms with van der Waals surface area (Å²) in [5, 5.41) is 0. The number of carbonyl (C=O) groups is 1. The smallest absolute Gasteiger partial charge is 0.191 e. The van der Waals surface area contributed by atoms with Gasteiger partial charge in [0.2, 0.25) is 0 Å². The molecule has 1 atom stereocenters. The van der Waals surface area contributed by atoms with Crippen molar-refractivity contribution in [1.82, 2.24) is 0 Å². The zero-order valence-corrected chi connectivity index (χ0v) is 9.17. The van der Waals surface area contributed by atoms with Crippen molar-refractivity contribution in [2.75, 3.05) is 7.11 Å². The standard InChI is InChI=1S/C10H11BrO2/c1-7(13-2)10(12)8-3-5-9(11)6-4-8/h3-7H,1-2H3. The monoisotopic (exact) mass is 242 g/mol. The summed E-state index contributed by atoms with van der Waals surface area (Å²) in [4.78, 5) is 11.5. The molecule has 0 N–H and O–H groups in total. The quantitative estimate of drug-likeness (QED) is 0.763. The molecule has 0 aliphatic rings. The van der Waals surface area contributed by atoms with E-state index in [0.29, 0.717) is 5.56 Å². The first kappa shape index (κ1) is 10.4. The Balaban J connectivity index is 2.83. The molecule has 0 spiro atoms. The van der Waals surface area contributed by atoms with E-state index in [1.165, 1.54) is 7.11 Å². The number of Topliss-reactive ketones (excluding diaryl/α,β-unsaturated/α-hetero) is 1. The van der Waals surface area contributed by atoms with Gasteiger partial charge in [-0.25, -0.2) is 0 Å². The van der Waals surface area contributed by atoms with Crippen molar-refractivity contribution in [3.05, 3.63) is 34.3 Å². The third kappa shape index (κ3) is 2.64. The first-order valence-corrected chi connectivity index (χ1v) is 4.77. The van der Waals surface area contributed by atoms with Crippen molar-refractivity contribution < 1.29 is 9.53 Å². The van der Waals surface area contributed by atoms with Crippen LogP contribution in [0.2, 0.25) is 0 Å². The molecule has 1 unspecified atom stereocenters. The van der Waals surface area contributed by atoms with Crippen LogP contribution in [0.4, 0.5) is 0 Å².